The molecule has 0 saturated carbocycles. The Kier molecular flexibility index (Phi) is 4.81. The first kappa shape index (κ1) is 15.0. The summed E-state index contributed by atoms with van der Waals surface area (Å²) in [4.78, 5) is 0. The number of hydrogen-bond donors (Lipinski definition) is 2. The Morgan fingerprint density at radius 3 is 2.65 bits per heavy atom. The van der Waals surface area contributed by atoms with E-state index >= 15 is 0 Å². The molecule has 20 heavy (non-hydrogen) atoms. The molecule has 0 fully saturated rings. The van der Waals surface area contributed by atoms with Gasteiger partial charge >= 0.3 is 0 Å². The number of hydrogen-bond acceptors (Lipinski definition) is 3. The summed E-state index contributed by atoms with van der Waals surface area (Å²) in [7, 11) is 1.91. The summed E-state index contributed by atoms with van der Waals surface area (Å²) in [5.74, 6) is 5.69. The van der Waals surface area contributed by atoms with Gasteiger partial charge in [-0.2, -0.15) is 5.10 Å². The summed E-state index contributed by atoms with van der Waals surface area (Å²) in [5, 5.41) is 5.07. The summed E-state index contributed by atoms with van der Waals surface area (Å²) in [6.45, 7) is 4.01. The van der Waals surface area contributed by atoms with E-state index in [1.807, 2.05) is 18.7 Å². The molecule has 0 amide bonds. The number of halogens is 1. The zero-order valence-corrected chi connectivity index (χ0v) is 12.9. The fourth-order valence-electron chi connectivity index (χ4n) is 2.45. The summed E-state index contributed by atoms with van der Waals surface area (Å²) in [5.41, 5.74) is 7.28. The van der Waals surface area contributed by atoms with Gasteiger partial charge in [0.15, 0.2) is 0 Å². The standard InChI is InChI=1S/C15H21ClN4/c1-10-5-4-6-12(7-10)8-13(18-17)9-14-15(16)11(2)19-20(14)3/h4-7,13,18H,8-9,17H2,1-3H3. The van der Waals surface area contributed by atoms with Gasteiger partial charge in [-0.3, -0.25) is 16.0 Å². The lowest BCUT2D eigenvalue weighted by molar-refractivity contribution is 0.505. The largest absolute Gasteiger partial charge is 0.271 e. The number of aryl methyl sites for hydroxylation is 3. The Hall–Kier alpha value is -1.36. The molecule has 0 spiro atoms. The Bertz CT molecular complexity index is 592. The highest BCUT2D eigenvalue weighted by Crippen LogP contribution is 2.21. The highest BCUT2D eigenvalue weighted by Gasteiger charge is 2.16. The zero-order valence-electron chi connectivity index (χ0n) is 12.2. The van der Waals surface area contributed by atoms with Gasteiger partial charge in [0.05, 0.1) is 16.4 Å². The number of hydrazine groups is 1. The van der Waals surface area contributed by atoms with E-state index in [9.17, 15) is 0 Å². The monoisotopic (exact) mass is 292 g/mol. The maximum absolute atomic E-state index is 6.29. The van der Waals surface area contributed by atoms with Crippen LogP contribution in [0, 0.1) is 13.8 Å². The smallest absolute Gasteiger partial charge is 0.0847 e. The van der Waals surface area contributed by atoms with Gasteiger partial charge in [0.1, 0.15) is 0 Å². The number of aromatic nitrogens is 2. The van der Waals surface area contributed by atoms with Crippen LogP contribution < -0.4 is 11.3 Å². The molecular formula is C15H21ClN4. The number of nitrogens with two attached hydrogens (primary N) is 1. The molecule has 2 aromatic rings. The van der Waals surface area contributed by atoms with Crippen molar-refractivity contribution < 1.29 is 0 Å². The quantitative estimate of drug-likeness (QED) is 0.657. The van der Waals surface area contributed by atoms with Crippen molar-refractivity contribution in [3.05, 3.63) is 51.8 Å². The van der Waals surface area contributed by atoms with E-state index in [0.717, 1.165) is 29.3 Å². The van der Waals surface area contributed by atoms with Gasteiger partial charge in [-0.15, -0.1) is 0 Å². The van der Waals surface area contributed by atoms with E-state index < -0.39 is 0 Å². The van der Waals surface area contributed by atoms with Crippen LogP contribution in [0.25, 0.3) is 0 Å². The predicted molar refractivity (Wildman–Crippen MR) is 82.7 cm³/mol. The van der Waals surface area contributed by atoms with Gasteiger partial charge in [-0.1, -0.05) is 41.4 Å². The van der Waals surface area contributed by atoms with E-state index in [2.05, 4.69) is 41.7 Å². The first-order valence-electron chi connectivity index (χ1n) is 6.71. The van der Waals surface area contributed by atoms with E-state index in [4.69, 9.17) is 17.4 Å². The van der Waals surface area contributed by atoms with Crippen molar-refractivity contribution in [2.75, 3.05) is 0 Å². The number of nitrogens with zero attached hydrogens (tertiary/aromatic N) is 2. The third-order valence-electron chi connectivity index (χ3n) is 3.50. The molecule has 4 nitrogen and oxygen atoms in total. The van der Waals surface area contributed by atoms with Crippen molar-refractivity contribution in [1.82, 2.24) is 15.2 Å². The third-order valence-corrected chi connectivity index (χ3v) is 3.99. The third kappa shape index (κ3) is 3.39. The van der Waals surface area contributed by atoms with Crippen LogP contribution in [0.1, 0.15) is 22.5 Å². The normalized spacial score (nSPS) is 12.7. The molecular weight excluding hydrogens is 272 g/mol. The molecule has 0 aliphatic carbocycles. The molecule has 0 aliphatic heterocycles. The van der Waals surface area contributed by atoms with Gasteiger partial charge in [-0.25, -0.2) is 0 Å². The summed E-state index contributed by atoms with van der Waals surface area (Å²) in [6.07, 6.45) is 1.61. The lowest BCUT2D eigenvalue weighted by Gasteiger charge is -2.16. The summed E-state index contributed by atoms with van der Waals surface area (Å²) < 4.78 is 1.83. The van der Waals surface area contributed by atoms with Gasteiger partial charge in [0.25, 0.3) is 0 Å². The highest BCUT2D eigenvalue weighted by atomic mass is 35.5. The second-order valence-electron chi connectivity index (χ2n) is 5.23. The SMILES string of the molecule is Cc1cccc(CC(Cc2c(Cl)c(C)nn2C)NN)c1. The predicted octanol–water partition coefficient (Wildman–Crippen LogP) is 2.31. The summed E-state index contributed by atoms with van der Waals surface area (Å²) in [6, 6.07) is 8.59. The van der Waals surface area contributed by atoms with Crippen LogP contribution in [-0.4, -0.2) is 15.8 Å². The van der Waals surface area contributed by atoms with E-state index in [1.54, 1.807) is 0 Å². The molecule has 0 aliphatic rings. The van der Waals surface area contributed by atoms with Crippen molar-refractivity contribution in [3.8, 4) is 0 Å². The lowest BCUT2D eigenvalue weighted by Crippen LogP contribution is -2.39. The molecule has 108 valence electrons. The maximum Gasteiger partial charge on any atom is 0.0847 e. The van der Waals surface area contributed by atoms with Crippen LogP contribution >= 0.6 is 11.6 Å². The molecule has 0 radical (unpaired) electrons. The maximum atomic E-state index is 6.29. The van der Waals surface area contributed by atoms with Gasteiger partial charge < -0.3 is 0 Å². The van der Waals surface area contributed by atoms with Crippen LogP contribution in [0.2, 0.25) is 5.02 Å². The highest BCUT2D eigenvalue weighted by molar-refractivity contribution is 6.31. The molecule has 0 saturated heterocycles. The van der Waals surface area contributed by atoms with Crippen molar-refractivity contribution in [1.29, 1.82) is 0 Å². The van der Waals surface area contributed by atoms with E-state index in [1.165, 1.54) is 11.1 Å². The van der Waals surface area contributed by atoms with Crippen LogP contribution in [0.3, 0.4) is 0 Å². The van der Waals surface area contributed by atoms with Crippen molar-refractivity contribution in [2.24, 2.45) is 12.9 Å². The minimum absolute atomic E-state index is 0.129. The lowest BCUT2D eigenvalue weighted by atomic mass is 10.0. The molecule has 2 rings (SSSR count). The Morgan fingerprint density at radius 2 is 2.10 bits per heavy atom. The average molecular weight is 293 g/mol. The fourth-order valence-corrected chi connectivity index (χ4v) is 2.69. The summed E-state index contributed by atoms with van der Waals surface area (Å²) >= 11 is 6.29. The van der Waals surface area contributed by atoms with Crippen LogP contribution in [-0.2, 0) is 19.9 Å². The van der Waals surface area contributed by atoms with Crippen molar-refractivity contribution >= 4 is 11.6 Å². The van der Waals surface area contributed by atoms with E-state index in [0.29, 0.717) is 0 Å². The number of rotatable bonds is 5. The molecule has 3 N–H and O–H groups in total. The molecule has 5 heteroatoms. The molecule has 0 bridgehead atoms. The Balaban J connectivity index is 2.13. The van der Waals surface area contributed by atoms with Gasteiger partial charge in [-0.05, 0) is 25.8 Å². The molecule has 1 atom stereocenters. The first-order valence-corrected chi connectivity index (χ1v) is 7.08. The van der Waals surface area contributed by atoms with Crippen molar-refractivity contribution in [3.63, 3.8) is 0 Å². The molecule has 1 aromatic carbocycles. The molecule has 1 heterocycles. The topological polar surface area (TPSA) is 55.9 Å². The van der Waals surface area contributed by atoms with E-state index in [-0.39, 0.29) is 6.04 Å². The fraction of sp³-hybridized carbons (Fsp3) is 0.400. The zero-order chi connectivity index (χ0) is 14.7. The van der Waals surface area contributed by atoms with Gasteiger partial charge in [0.2, 0.25) is 0 Å². The van der Waals surface area contributed by atoms with Crippen LogP contribution in [0.15, 0.2) is 24.3 Å². The second kappa shape index (κ2) is 6.39. The minimum atomic E-state index is 0.129. The minimum Gasteiger partial charge on any atom is -0.271 e. The first-order chi connectivity index (χ1) is 9.51. The van der Waals surface area contributed by atoms with Crippen LogP contribution in [0.4, 0.5) is 0 Å². The molecule has 1 unspecified atom stereocenters. The van der Waals surface area contributed by atoms with Crippen LogP contribution in [0.5, 0.6) is 0 Å². The molecule has 1 aromatic heterocycles. The number of nitrogens with one attached hydrogen (secondary N) is 1. The second-order valence-corrected chi connectivity index (χ2v) is 5.61. The Labute approximate surface area is 124 Å². The van der Waals surface area contributed by atoms with Crippen molar-refractivity contribution in [2.45, 2.75) is 32.7 Å². The number of benzene rings is 1. The Morgan fingerprint density at radius 1 is 1.35 bits per heavy atom. The average Bonchev–Trinajstić information content (AvgIpc) is 2.64. The van der Waals surface area contributed by atoms with Gasteiger partial charge in [0, 0.05) is 19.5 Å².